The predicted molar refractivity (Wildman–Crippen MR) is 68.7 cm³/mol. The Morgan fingerprint density at radius 1 is 1.44 bits per heavy atom. The summed E-state index contributed by atoms with van der Waals surface area (Å²) in [6.07, 6.45) is 1.74. The van der Waals surface area contributed by atoms with Gasteiger partial charge in [-0.25, -0.2) is 4.99 Å². The lowest BCUT2D eigenvalue weighted by Gasteiger charge is -2.06. The third-order valence-electron chi connectivity index (χ3n) is 1.83. The molecule has 1 aromatic carbocycles. The van der Waals surface area contributed by atoms with E-state index in [1.807, 2.05) is 31.2 Å². The molecule has 0 spiro atoms. The number of ether oxygens (including phenoxy) is 1. The summed E-state index contributed by atoms with van der Waals surface area (Å²) in [7, 11) is 0. The molecule has 0 radical (unpaired) electrons. The number of rotatable bonds is 5. The van der Waals surface area contributed by atoms with Crippen LogP contribution >= 0.6 is 11.6 Å². The molecule has 2 nitrogen and oxygen atoms in total. The van der Waals surface area contributed by atoms with Crippen molar-refractivity contribution >= 4 is 18.3 Å². The molecular formula is C13H14ClNO. The summed E-state index contributed by atoms with van der Waals surface area (Å²) in [5.74, 6) is 0.474. The molecule has 0 saturated heterocycles. The summed E-state index contributed by atoms with van der Waals surface area (Å²) in [5, 5.41) is 0.711. The highest BCUT2D eigenvalue weighted by Gasteiger charge is 1.97. The Morgan fingerprint density at radius 3 is 2.56 bits per heavy atom. The van der Waals surface area contributed by atoms with Crippen molar-refractivity contribution in [1.29, 1.82) is 0 Å². The molecule has 0 aliphatic rings. The van der Waals surface area contributed by atoms with Gasteiger partial charge in [0.05, 0.1) is 0 Å². The SMILES string of the molecule is C=N/C(=C\C(=C)C)OCc1ccc(Cl)cc1. The number of nitrogens with zero attached hydrogens (tertiary/aromatic N) is 1. The number of allylic oxidation sites excluding steroid dienone is 2. The molecule has 1 rings (SSSR count). The van der Waals surface area contributed by atoms with E-state index in [1.54, 1.807) is 6.08 Å². The van der Waals surface area contributed by atoms with Crippen molar-refractivity contribution < 1.29 is 4.74 Å². The zero-order valence-corrected chi connectivity index (χ0v) is 10.00. The number of halogens is 1. The van der Waals surface area contributed by atoms with E-state index < -0.39 is 0 Å². The van der Waals surface area contributed by atoms with Crippen LogP contribution in [0, 0.1) is 0 Å². The van der Waals surface area contributed by atoms with Crippen LogP contribution in [0.5, 0.6) is 0 Å². The molecule has 0 unspecified atom stereocenters. The van der Waals surface area contributed by atoms with Crippen LogP contribution in [0.2, 0.25) is 5.02 Å². The monoisotopic (exact) mass is 235 g/mol. The first-order chi connectivity index (χ1) is 7.61. The molecule has 1 aromatic rings. The Bertz CT molecular complexity index is 406. The molecular weight excluding hydrogens is 222 g/mol. The molecule has 3 heteroatoms. The second-order valence-corrected chi connectivity index (χ2v) is 3.84. The van der Waals surface area contributed by atoms with Crippen molar-refractivity contribution in [3.63, 3.8) is 0 Å². The molecule has 0 atom stereocenters. The average molecular weight is 236 g/mol. The maximum atomic E-state index is 5.78. The quantitative estimate of drug-likeness (QED) is 0.430. The third-order valence-corrected chi connectivity index (χ3v) is 2.08. The minimum atomic E-state index is 0.440. The first-order valence-electron chi connectivity index (χ1n) is 4.83. The molecule has 0 heterocycles. The highest BCUT2D eigenvalue weighted by Crippen LogP contribution is 2.12. The first-order valence-corrected chi connectivity index (χ1v) is 5.21. The van der Waals surface area contributed by atoms with Crippen LogP contribution < -0.4 is 0 Å². The molecule has 0 bridgehead atoms. The van der Waals surface area contributed by atoms with Crippen LogP contribution in [0.3, 0.4) is 0 Å². The summed E-state index contributed by atoms with van der Waals surface area (Å²) in [5.41, 5.74) is 1.90. The maximum absolute atomic E-state index is 5.78. The van der Waals surface area contributed by atoms with Gasteiger partial charge < -0.3 is 4.74 Å². The fourth-order valence-corrected chi connectivity index (χ4v) is 1.21. The van der Waals surface area contributed by atoms with Crippen LogP contribution in [-0.4, -0.2) is 6.72 Å². The number of benzene rings is 1. The van der Waals surface area contributed by atoms with Crippen molar-refractivity contribution in [2.24, 2.45) is 4.99 Å². The zero-order valence-electron chi connectivity index (χ0n) is 9.24. The Morgan fingerprint density at radius 2 is 2.06 bits per heavy atom. The van der Waals surface area contributed by atoms with E-state index in [1.165, 1.54) is 0 Å². The number of hydrogen-bond donors (Lipinski definition) is 0. The first kappa shape index (κ1) is 12.5. The van der Waals surface area contributed by atoms with Gasteiger partial charge in [0.15, 0.2) is 0 Å². The van der Waals surface area contributed by atoms with E-state index in [9.17, 15) is 0 Å². The van der Waals surface area contributed by atoms with E-state index in [2.05, 4.69) is 18.3 Å². The number of aliphatic imine (C=N–C) groups is 1. The van der Waals surface area contributed by atoms with E-state index in [0.717, 1.165) is 11.1 Å². The summed E-state index contributed by atoms with van der Waals surface area (Å²) in [6.45, 7) is 9.49. The topological polar surface area (TPSA) is 21.6 Å². The lowest BCUT2D eigenvalue weighted by atomic mass is 10.2. The van der Waals surface area contributed by atoms with Crippen molar-refractivity contribution in [1.82, 2.24) is 0 Å². The lowest BCUT2D eigenvalue weighted by Crippen LogP contribution is -1.91. The van der Waals surface area contributed by atoms with Crippen molar-refractivity contribution in [3.8, 4) is 0 Å². The number of hydrogen-bond acceptors (Lipinski definition) is 2. The van der Waals surface area contributed by atoms with E-state index >= 15 is 0 Å². The standard InChI is InChI=1S/C13H14ClNO/c1-10(2)8-13(15-3)16-9-11-4-6-12(14)7-5-11/h4-8H,1,3,9H2,2H3/b13-8+. The van der Waals surface area contributed by atoms with Gasteiger partial charge in [-0.1, -0.05) is 35.9 Å². The second-order valence-electron chi connectivity index (χ2n) is 3.40. The minimum Gasteiger partial charge on any atom is -0.473 e. The van der Waals surface area contributed by atoms with E-state index in [0.29, 0.717) is 17.5 Å². The molecule has 0 aliphatic carbocycles. The molecule has 0 N–H and O–H groups in total. The molecule has 0 fully saturated rings. The van der Waals surface area contributed by atoms with Crippen molar-refractivity contribution in [2.45, 2.75) is 13.5 Å². The Kier molecular flexibility index (Phi) is 4.80. The van der Waals surface area contributed by atoms with Gasteiger partial charge in [0.1, 0.15) is 6.61 Å². The van der Waals surface area contributed by atoms with Gasteiger partial charge in [-0.05, 0) is 31.3 Å². The summed E-state index contributed by atoms with van der Waals surface area (Å²) >= 11 is 5.78. The van der Waals surface area contributed by atoms with Crippen LogP contribution in [0.1, 0.15) is 12.5 Å². The zero-order chi connectivity index (χ0) is 12.0. The molecule has 0 saturated carbocycles. The molecule has 84 valence electrons. The fraction of sp³-hybridized carbons (Fsp3) is 0.154. The highest BCUT2D eigenvalue weighted by molar-refractivity contribution is 6.30. The van der Waals surface area contributed by atoms with Crippen molar-refractivity contribution in [3.05, 3.63) is 59.0 Å². The minimum absolute atomic E-state index is 0.440. The normalized spacial score (nSPS) is 11.0. The fourth-order valence-electron chi connectivity index (χ4n) is 1.08. The van der Waals surface area contributed by atoms with E-state index in [-0.39, 0.29) is 0 Å². The highest BCUT2D eigenvalue weighted by atomic mass is 35.5. The van der Waals surface area contributed by atoms with Gasteiger partial charge in [-0.15, -0.1) is 0 Å². The average Bonchev–Trinajstić information content (AvgIpc) is 2.26. The molecule has 0 aromatic heterocycles. The molecule has 0 aliphatic heterocycles. The maximum Gasteiger partial charge on any atom is 0.213 e. The molecule has 0 amide bonds. The van der Waals surface area contributed by atoms with Crippen LogP contribution in [-0.2, 0) is 11.3 Å². The van der Waals surface area contributed by atoms with Gasteiger partial charge in [-0.2, -0.15) is 0 Å². The van der Waals surface area contributed by atoms with Crippen LogP contribution in [0.25, 0.3) is 0 Å². The van der Waals surface area contributed by atoms with Crippen LogP contribution in [0.15, 0.2) is 53.4 Å². The Balaban J connectivity index is 2.59. The Hall–Kier alpha value is -1.54. The van der Waals surface area contributed by atoms with Crippen molar-refractivity contribution in [2.75, 3.05) is 0 Å². The summed E-state index contributed by atoms with van der Waals surface area (Å²) in [6, 6.07) is 7.46. The summed E-state index contributed by atoms with van der Waals surface area (Å²) in [4.78, 5) is 3.76. The smallest absolute Gasteiger partial charge is 0.213 e. The summed E-state index contributed by atoms with van der Waals surface area (Å²) < 4.78 is 5.46. The molecule has 16 heavy (non-hydrogen) atoms. The third kappa shape index (κ3) is 4.32. The Labute approximate surface area is 101 Å². The van der Waals surface area contributed by atoms with E-state index in [4.69, 9.17) is 16.3 Å². The van der Waals surface area contributed by atoms with Gasteiger partial charge in [0, 0.05) is 11.1 Å². The predicted octanol–water partition coefficient (Wildman–Crippen LogP) is 3.97. The van der Waals surface area contributed by atoms with Gasteiger partial charge in [-0.3, -0.25) is 0 Å². The van der Waals surface area contributed by atoms with Gasteiger partial charge in [0.2, 0.25) is 5.88 Å². The lowest BCUT2D eigenvalue weighted by molar-refractivity contribution is 0.197. The largest absolute Gasteiger partial charge is 0.473 e. The van der Waals surface area contributed by atoms with Gasteiger partial charge >= 0.3 is 0 Å². The van der Waals surface area contributed by atoms with Crippen LogP contribution in [0.4, 0.5) is 0 Å². The van der Waals surface area contributed by atoms with Gasteiger partial charge in [0.25, 0.3) is 0 Å². The second kappa shape index (κ2) is 6.13.